The number of carbonyl (C=O) groups is 1. The Labute approximate surface area is 259 Å². The molecule has 1 N–H and O–H groups in total. The molecule has 3 aromatic carbocycles. The smallest absolute Gasteiger partial charge is 0.407 e. The number of rotatable bonds is 8. The number of piperidine rings is 1. The lowest BCUT2D eigenvalue weighted by molar-refractivity contribution is 0.120. The number of ether oxygens (including phenoxy) is 1. The van der Waals surface area contributed by atoms with Crippen molar-refractivity contribution >= 4 is 36.4 Å². The maximum atomic E-state index is 13.1. The normalized spacial score (nSPS) is 17.4. The second-order valence-electron chi connectivity index (χ2n) is 12.4. The van der Waals surface area contributed by atoms with Crippen LogP contribution >= 0.6 is 0 Å². The predicted octanol–water partition coefficient (Wildman–Crippen LogP) is 5.18. The molecule has 3 heterocycles. The summed E-state index contributed by atoms with van der Waals surface area (Å²) in [6, 6.07) is 36.6. The van der Waals surface area contributed by atoms with Gasteiger partial charge in [0.2, 0.25) is 5.95 Å². The van der Waals surface area contributed by atoms with E-state index in [1.807, 2.05) is 59.1 Å². The molecule has 0 saturated carbocycles. The highest BCUT2D eigenvalue weighted by Gasteiger charge is 2.52. The van der Waals surface area contributed by atoms with Gasteiger partial charge in [0, 0.05) is 19.3 Å². The van der Waals surface area contributed by atoms with Crippen LogP contribution in [0.3, 0.4) is 0 Å². The minimum atomic E-state index is -2.85. The van der Waals surface area contributed by atoms with Crippen LogP contribution in [-0.2, 0) is 15.8 Å². The molecule has 1 fully saturated rings. The zero-order valence-electron chi connectivity index (χ0n) is 25.5. The van der Waals surface area contributed by atoms with Crippen molar-refractivity contribution in [3.8, 4) is 0 Å². The van der Waals surface area contributed by atoms with Crippen molar-refractivity contribution in [3.63, 3.8) is 0 Å². The van der Waals surface area contributed by atoms with Crippen molar-refractivity contribution in [2.45, 2.75) is 51.0 Å². The summed E-state index contributed by atoms with van der Waals surface area (Å²) in [6.07, 6.45) is 1.95. The van der Waals surface area contributed by atoms with Gasteiger partial charge in [0.1, 0.15) is 6.61 Å². The van der Waals surface area contributed by atoms with E-state index in [2.05, 4.69) is 102 Å². The summed E-state index contributed by atoms with van der Waals surface area (Å²) >= 11 is 0. The van der Waals surface area contributed by atoms with E-state index in [0.29, 0.717) is 19.5 Å². The van der Waals surface area contributed by atoms with Crippen LogP contribution < -0.4 is 20.6 Å². The van der Waals surface area contributed by atoms with Gasteiger partial charge in [-0.05, 0) is 39.5 Å². The number of alkyl carbamates (subject to hydrolysis) is 1. The fraction of sp³-hybridized carbons (Fsp3) is 0.286. The number of carbonyl (C=O) groups excluding carboxylic acids is 1. The van der Waals surface area contributed by atoms with Gasteiger partial charge >= 0.3 is 6.09 Å². The fourth-order valence-corrected chi connectivity index (χ4v) is 11.0. The maximum Gasteiger partial charge on any atom is 0.407 e. The molecule has 44 heavy (non-hydrogen) atoms. The first-order chi connectivity index (χ1) is 21.3. The molecule has 8 nitrogen and oxygen atoms in total. The lowest BCUT2D eigenvalue weighted by Crippen LogP contribution is -2.69. The van der Waals surface area contributed by atoms with Gasteiger partial charge in [-0.2, -0.15) is 0 Å². The van der Waals surface area contributed by atoms with Crippen molar-refractivity contribution in [3.05, 3.63) is 121 Å². The average molecular weight is 606 g/mol. The highest BCUT2D eigenvalue weighted by atomic mass is 28.4. The van der Waals surface area contributed by atoms with Crippen LogP contribution in [0.4, 0.5) is 10.7 Å². The number of fused-ring (bicyclic) bond motifs is 1. The molecule has 1 aliphatic heterocycles. The standard InChI is InChI=1S/C35H39N5O3Si/c1-35(2,3)44(30-17-9-5-10-18-30,31-19-11-6-12-20-31)43-29-23-28(36-34(41)42-26-27-15-7-4-8-16-27)24-39(25-29)33-38-37-32-21-13-14-22-40(32)33/h4-22,28-29H,23-26H2,1-3H3,(H,36,41)/t28-,29-/m1/s1. The first kappa shape index (κ1) is 29.6. The number of nitrogens with zero attached hydrogens (tertiary/aromatic N) is 4. The fourth-order valence-electron chi connectivity index (χ4n) is 6.32. The Hall–Kier alpha value is -4.47. The van der Waals surface area contributed by atoms with Crippen LogP contribution in [0, 0.1) is 0 Å². The molecule has 1 saturated heterocycles. The summed E-state index contributed by atoms with van der Waals surface area (Å²) in [5, 5.41) is 14.4. The molecular formula is C35H39N5O3Si. The van der Waals surface area contributed by atoms with Gasteiger partial charge in [0.15, 0.2) is 5.65 Å². The molecule has 1 amide bonds. The van der Waals surface area contributed by atoms with E-state index in [1.165, 1.54) is 10.4 Å². The van der Waals surface area contributed by atoms with Gasteiger partial charge < -0.3 is 19.4 Å². The first-order valence-corrected chi connectivity index (χ1v) is 17.0. The van der Waals surface area contributed by atoms with Crippen LogP contribution in [0.2, 0.25) is 5.04 Å². The van der Waals surface area contributed by atoms with Crippen molar-refractivity contribution in [1.82, 2.24) is 19.9 Å². The summed E-state index contributed by atoms with van der Waals surface area (Å²) in [6.45, 7) is 8.21. The summed E-state index contributed by atoms with van der Waals surface area (Å²) in [5.74, 6) is 0.723. The summed E-state index contributed by atoms with van der Waals surface area (Å²) in [7, 11) is -2.85. The molecule has 0 spiro atoms. The monoisotopic (exact) mass is 605 g/mol. The first-order valence-electron chi connectivity index (χ1n) is 15.1. The Balaban J connectivity index is 1.34. The SMILES string of the molecule is CC(C)(C)[Si](O[C@@H]1C[C@@H](NC(=O)OCc2ccccc2)CN(c2nnc3ccccn23)C1)(c1ccccc1)c1ccccc1. The molecule has 1 aliphatic rings. The Morgan fingerprint density at radius 3 is 2.09 bits per heavy atom. The van der Waals surface area contributed by atoms with Crippen molar-refractivity contribution in [1.29, 1.82) is 0 Å². The van der Waals surface area contributed by atoms with Gasteiger partial charge in [0.05, 0.1) is 12.1 Å². The Morgan fingerprint density at radius 2 is 1.45 bits per heavy atom. The van der Waals surface area contributed by atoms with E-state index in [1.54, 1.807) is 0 Å². The maximum absolute atomic E-state index is 13.1. The highest BCUT2D eigenvalue weighted by molar-refractivity contribution is 6.99. The van der Waals surface area contributed by atoms with Crippen LogP contribution in [0.5, 0.6) is 0 Å². The number of amides is 1. The summed E-state index contributed by atoms with van der Waals surface area (Å²) < 4.78 is 15.1. The Kier molecular flexibility index (Phi) is 8.50. The quantitative estimate of drug-likeness (QED) is 0.246. The second kappa shape index (κ2) is 12.6. The molecule has 2 aromatic heterocycles. The van der Waals surface area contributed by atoms with Crippen LogP contribution in [-0.4, -0.2) is 54.2 Å². The van der Waals surface area contributed by atoms with Gasteiger partial charge in [0.25, 0.3) is 8.32 Å². The molecule has 226 valence electrons. The molecule has 6 rings (SSSR count). The highest BCUT2D eigenvalue weighted by Crippen LogP contribution is 2.38. The molecule has 0 radical (unpaired) electrons. The minimum absolute atomic E-state index is 0.183. The average Bonchev–Trinajstić information content (AvgIpc) is 3.48. The van der Waals surface area contributed by atoms with E-state index in [0.717, 1.165) is 17.2 Å². The third-order valence-electron chi connectivity index (χ3n) is 8.29. The molecule has 0 unspecified atom stereocenters. The van der Waals surface area contributed by atoms with Gasteiger partial charge in [-0.3, -0.25) is 4.40 Å². The molecule has 9 heteroatoms. The van der Waals surface area contributed by atoms with Gasteiger partial charge in [-0.15, -0.1) is 10.2 Å². The zero-order chi connectivity index (χ0) is 30.6. The molecule has 0 bridgehead atoms. The lowest BCUT2D eigenvalue weighted by atomic mass is 10.0. The third-order valence-corrected chi connectivity index (χ3v) is 13.4. The topological polar surface area (TPSA) is 81.0 Å². The van der Waals surface area contributed by atoms with Crippen LogP contribution in [0.15, 0.2) is 115 Å². The number of pyridine rings is 1. The largest absolute Gasteiger partial charge is 0.445 e. The number of aromatic nitrogens is 3. The molecule has 2 atom stereocenters. The second-order valence-corrected chi connectivity index (χ2v) is 16.6. The van der Waals surface area contributed by atoms with Crippen molar-refractivity contribution in [2.75, 3.05) is 18.0 Å². The summed E-state index contributed by atoms with van der Waals surface area (Å²) in [5.41, 5.74) is 1.71. The Bertz CT molecular complexity index is 1640. The van der Waals surface area contributed by atoms with Crippen LogP contribution in [0.25, 0.3) is 5.65 Å². The van der Waals surface area contributed by atoms with Crippen LogP contribution in [0.1, 0.15) is 32.8 Å². The van der Waals surface area contributed by atoms with E-state index in [4.69, 9.17) is 9.16 Å². The van der Waals surface area contributed by atoms with Gasteiger partial charge in [-0.1, -0.05) is 118 Å². The number of anilines is 1. The lowest BCUT2D eigenvalue weighted by Gasteiger charge is -2.48. The molecular weight excluding hydrogens is 567 g/mol. The van der Waals surface area contributed by atoms with Gasteiger partial charge in [-0.25, -0.2) is 4.79 Å². The van der Waals surface area contributed by atoms with E-state index in [-0.39, 0.29) is 23.8 Å². The van der Waals surface area contributed by atoms with Crippen molar-refractivity contribution < 1.29 is 14.0 Å². The summed E-state index contributed by atoms with van der Waals surface area (Å²) in [4.78, 5) is 15.2. The molecule has 5 aromatic rings. The predicted molar refractivity (Wildman–Crippen MR) is 176 cm³/mol. The van der Waals surface area contributed by atoms with Crippen molar-refractivity contribution in [2.24, 2.45) is 0 Å². The zero-order valence-corrected chi connectivity index (χ0v) is 26.5. The number of benzene rings is 3. The van der Waals surface area contributed by atoms with E-state index in [9.17, 15) is 4.79 Å². The number of nitrogens with one attached hydrogen (secondary N) is 1. The third kappa shape index (κ3) is 6.11. The Morgan fingerprint density at radius 1 is 0.841 bits per heavy atom. The number of hydrogen-bond acceptors (Lipinski definition) is 6. The van der Waals surface area contributed by atoms with E-state index >= 15 is 0 Å². The van der Waals surface area contributed by atoms with E-state index < -0.39 is 14.4 Å². The molecule has 0 aliphatic carbocycles. The number of hydrogen-bond donors (Lipinski definition) is 1. The minimum Gasteiger partial charge on any atom is -0.445 e.